The maximum atomic E-state index is 15.0. The third-order valence-electron chi connectivity index (χ3n) is 6.96. The molecule has 3 aromatic heterocycles. The van der Waals surface area contributed by atoms with Crippen LogP contribution in [0.3, 0.4) is 0 Å². The van der Waals surface area contributed by atoms with E-state index in [4.69, 9.17) is 4.74 Å². The largest absolute Gasteiger partial charge is 0.378 e. The molecule has 0 radical (unpaired) electrons. The molecule has 0 amide bonds. The average molecular weight is 587 g/mol. The summed E-state index contributed by atoms with van der Waals surface area (Å²) in [5.41, 5.74) is 0.562. The number of alkyl halides is 2. The number of pyridine rings is 2. The zero-order valence-electron chi connectivity index (χ0n) is 23.1. The molecule has 41 heavy (non-hydrogen) atoms. The summed E-state index contributed by atoms with van der Waals surface area (Å²) in [4.78, 5) is 27.5. The highest BCUT2D eigenvalue weighted by atomic mass is 31.2. The van der Waals surface area contributed by atoms with Crippen LogP contribution in [-0.4, -0.2) is 59.3 Å². The summed E-state index contributed by atoms with van der Waals surface area (Å²) >= 11 is 0. The molecule has 0 spiro atoms. The molecule has 1 fully saturated rings. The summed E-state index contributed by atoms with van der Waals surface area (Å²) < 4.78 is 61.2. The van der Waals surface area contributed by atoms with Crippen molar-refractivity contribution in [1.82, 2.24) is 19.6 Å². The normalized spacial score (nSPS) is 15.0. The van der Waals surface area contributed by atoms with Crippen molar-refractivity contribution >= 4 is 29.3 Å². The minimum absolute atomic E-state index is 0.0530. The van der Waals surface area contributed by atoms with Crippen molar-refractivity contribution in [3.63, 3.8) is 0 Å². The van der Waals surface area contributed by atoms with E-state index in [0.29, 0.717) is 59.8 Å². The van der Waals surface area contributed by atoms with Crippen molar-refractivity contribution in [2.45, 2.75) is 26.3 Å². The van der Waals surface area contributed by atoms with Gasteiger partial charge in [-0.2, -0.15) is 0 Å². The van der Waals surface area contributed by atoms with Gasteiger partial charge in [0.25, 0.3) is 12.0 Å². The maximum absolute atomic E-state index is 15.0. The summed E-state index contributed by atoms with van der Waals surface area (Å²) in [5, 5.41) is 5.48. The fraction of sp³-hybridized carbons (Fsp3) is 0.357. The van der Waals surface area contributed by atoms with E-state index in [-0.39, 0.29) is 16.7 Å². The average Bonchev–Trinajstić information content (AvgIpc) is 2.92. The number of aryl methyl sites for hydroxylation is 1. The Kier molecular flexibility index (Phi) is 7.89. The van der Waals surface area contributed by atoms with Gasteiger partial charge in [-0.15, -0.1) is 0 Å². The van der Waals surface area contributed by atoms with Crippen LogP contribution in [0.2, 0.25) is 0 Å². The second-order valence-corrected chi connectivity index (χ2v) is 13.4. The lowest BCUT2D eigenvalue weighted by Gasteiger charge is -2.31. The molecule has 1 saturated heterocycles. The van der Waals surface area contributed by atoms with Gasteiger partial charge in [-0.25, -0.2) is 27.8 Å². The lowest BCUT2D eigenvalue weighted by Crippen LogP contribution is -2.49. The molecule has 216 valence electrons. The number of halogens is 3. The van der Waals surface area contributed by atoms with Crippen molar-refractivity contribution in [1.29, 1.82) is 0 Å². The number of ether oxygens (including phenoxy) is 1. The van der Waals surface area contributed by atoms with Gasteiger partial charge in [0.1, 0.15) is 24.6 Å². The van der Waals surface area contributed by atoms with Gasteiger partial charge in [0.05, 0.1) is 59.8 Å². The minimum atomic E-state index is -2.95. The third kappa shape index (κ3) is 5.71. The van der Waals surface area contributed by atoms with Crippen LogP contribution in [0.5, 0.6) is 0 Å². The maximum Gasteiger partial charge on any atom is 0.279 e. The summed E-state index contributed by atoms with van der Waals surface area (Å²) in [5.74, 6) is -0.338. The molecule has 0 saturated carbocycles. The molecular formula is C28H30F3N6O3P. The zero-order chi connectivity index (χ0) is 29.5. The van der Waals surface area contributed by atoms with E-state index < -0.39 is 31.0 Å². The van der Waals surface area contributed by atoms with Crippen LogP contribution in [0.15, 0.2) is 47.5 Å². The van der Waals surface area contributed by atoms with Crippen LogP contribution in [-0.2, 0) is 9.30 Å². The van der Waals surface area contributed by atoms with Gasteiger partial charge < -0.3 is 19.6 Å². The predicted octanol–water partition coefficient (Wildman–Crippen LogP) is 4.63. The molecule has 1 N–H and O–H groups in total. The highest BCUT2D eigenvalue weighted by Crippen LogP contribution is 2.35. The van der Waals surface area contributed by atoms with Crippen LogP contribution in [0, 0.1) is 12.7 Å². The molecule has 1 aromatic carbocycles. The Labute approximate surface area is 234 Å². The van der Waals surface area contributed by atoms with Gasteiger partial charge in [0.15, 0.2) is 0 Å². The van der Waals surface area contributed by atoms with Crippen molar-refractivity contribution in [3.05, 3.63) is 75.8 Å². The second kappa shape index (κ2) is 11.3. The summed E-state index contributed by atoms with van der Waals surface area (Å²) in [6, 6.07) is 6.47. The first kappa shape index (κ1) is 28.8. The quantitative estimate of drug-likeness (QED) is 0.313. The summed E-state index contributed by atoms with van der Waals surface area (Å²) in [7, 11) is -2.63. The van der Waals surface area contributed by atoms with Crippen LogP contribution in [0.4, 0.5) is 19.0 Å². The van der Waals surface area contributed by atoms with E-state index in [0.717, 1.165) is 6.07 Å². The predicted molar refractivity (Wildman–Crippen MR) is 153 cm³/mol. The van der Waals surface area contributed by atoms with E-state index in [1.165, 1.54) is 23.0 Å². The van der Waals surface area contributed by atoms with E-state index in [2.05, 4.69) is 20.3 Å². The molecule has 1 aliphatic rings. The zero-order valence-corrected chi connectivity index (χ0v) is 24.0. The van der Waals surface area contributed by atoms with Gasteiger partial charge in [0.2, 0.25) is 0 Å². The smallest absolute Gasteiger partial charge is 0.279 e. The standard InChI is InChI=1S/C28H30F3N6O3P/c1-16(19-6-5-7-20(24(19)29)26(30)31)33-27-21-15-37(36-10-12-40-13-11-36)28(38)23(25(21)34-17(2)35-27)18-8-9-22(32-14-18)41(3,4)39/h5-9,14-16,26H,10-13H2,1-4H3,(H,33,34,35)/t16-/m1/s1. The summed E-state index contributed by atoms with van der Waals surface area (Å²) in [6.07, 6.45) is 0.179. The Hall–Kier alpha value is -3.76. The van der Waals surface area contributed by atoms with Gasteiger partial charge in [-0.3, -0.25) is 9.78 Å². The van der Waals surface area contributed by atoms with Crippen molar-refractivity contribution in [2.75, 3.05) is 50.0 Å². The fourth-order valence-corrected chi connectivity index (χ4v) is 5.62. The Balaban J connectivity index is 1.70. The first-order chi connectivity index (χ1) is 19.5. The Morgan fingerprint density at radius 2 is 1.78 bits per heavy atom. The highest BCUT2D eigenvalue weighted by Gasteiger charge is 2.24. The molecule has 0 unspecified atom stereocenters. The third-order valence-corrected chi connectivity index (χ3v) is 8.33. The number of rotatable bonds is 7. The van der Waals surface area contributed by atoms with Gasteiger partial charge in [-0.1, -0.05) is 24.3 Å². The van der Waals surface area contributed by atoms with Gasteiger partial charge in [0, 0.05) is 23.5 Å². The fourth-order valence-electron chi connectivity index (χ4n) is 4.85. The number of morpholine rings is 1. The van der Waals surface area contributed by atoms with E-state index in [1.807, 2.05) is 5.01 Å². The van der Waals surface area contributed by atoms with Crippen LogP contribution < -0.4 is 21.3 Å². The van der Waals surface area contributed by atoms with Crippen LogP contribution >= 0.6 is 7.14 Å². The van der Waals surface area contributed by atoms with Crippen LogP contribution in [0.25, 0.3) is 22.0 Å². The molecular weight excluding hydrogens is 556 g/mol. The molecule has 4 aromatic rings. The number of hydrogen-bond donors (Lipinski definition) is 1. The number of nitrogens with zero attached hydrogens (tertiary/aromatic N) is 5. The lowest BCUT2D eigenvalue weighted by molar-refractivity contribution is 0.111. The number of aromatic nitrogens is 4. The van der Waals surface area contributed by atoms with E-state index in [1.54, 1.807) is 45.5 Å². The van der Waals surface area contributed by atoms with Gasteiger partial charge >= 0.3 is 0 Å². The summed E-state index contributed by atoms with van der Waals surface area (Å²) in [6.45, 7) is 8.35. The van der Waals surface area contributed by atoms with Crippen molar-refractivity contribution in [2.24, 2.45) is 0 Å². The first-order valence-electron chi connectivity index (χ1n) is 13.1. The highest BCUT2D eigenvalue weighted by molar-refractivity contribution is 7.69. The monoisotopic (exact) mass is 586 g/mol. The Bertz CT molecular complexity index is 1700. The molecule has 9 nitrogen and oxygen atoms in total. The molecule has 5 rings (SSSR count). The second-order valence-electron chi connectivity index (χ2n) is 10.3. The molecule has 0 aliphatic carbocycles. The number of benzene rings is 1. The molecule has 4 heterocycles. The number of hydrogen-bond acceptors (Lipinski definition) is 8. The van der Waals surface area contributed by atoms with Gasteiger partial charge in [-0.05, 0) is 33.2 Å². The lowest BCUT2D eigenvalue weighted by atomic mass is 10.0. The first-order valence-corrected chi connectivity index (χ1v) is 15.7. The minimum Gasteiger partial charge on any atom is -0.378 e. The molecule has 1 aliphatic heterocycles. The van der Waals surface area contributed by atoms with Crippen molar-refractivity contribution in [3.8, 4) is 11.1 Å². The van der Waals surface area contributed by atoms with Crippen LogP contribution in [0.1, 0.15) is 36.3 Å². The molecule has 13 heteroatoms. The molecule has 1 atom stereocenters. The number of nitrogens with one attached hydrogen (secondary N) is 1. The van der Waals surface area contributed by atoms with E-state index in [9.17, 15) is 22.5 Å². The number of fused-ring (bicyclic) bond motifs is 1. The SMILES string of the molecule is Cc1nc(N[C@H](C)c2cccc(C(F)F)c2F)c2cn(N3CCOCC3)c(=O)c(-c3ccc(P(C)(C)=O)nc3)c2n1. The van der Waals surface area contributed by atoms with Crippen molar-refractivity contribution < 1.29 is 22.5 Å². The topological polar surface area (TPSA) is 102 Å². The molecule has 0 bridgehead atoms. The Morgan fingerprint density at radius 3 is 2.41 bits per heavy atom. The van der Waals surface area contributed by atoms with E-state index >= 15 is 0 Å². The number of anilines is 1. The Morgan fingerprint density at radius 1 is 1.07 bits per heavy atom.